The second-order valence-electron chi connectivity index (χ2n) is 6.73. The topological polar surface area (TPSA) is 33.3 Å². The van der Waals surface area contributed by atoms with Gasteiger partial charge in [0.25, 0.3) is 0 Å². The maximum absolute atomic E-state index is 5.64. The first kappa shape index (κ1) is 13.8. The molecule has 3 unspecified atom stereocenters. The minimum absolute atomic E-state index is 0.597. The lowest BCUT2D eigenvalue weighted by Gasteiger charge is -2.33. The molecule has 0 aromatic heterocycles. The summed E-state index contributed by atoms with van der Waals surface area (Å²) in [6.07, 6.45) is 11.4. The summed E-state index contributed by atoms with van der Waals surface area (Å²) >= 11 is 0. The lowest BCUT2D eigenvalue weighted by Crippen LogP contribution is -2.51. The Labute approximate surface area is 117 Å². The molecule has 0 aromatic rings. The molecule has 0 amide bonds. The first-order chi connectivity index (χ1) is 9.43. The van der Waals surface area contributed by atoms with Crippen molar-refractivity contribution in [3.05, 3.63) is 0 Å². The van der Waals surface area contributed by atoms with Crippen molar-refractivity contribution in [3.8, 4) is 0 Å². The van der Waals surface area contributed by atoms with Crippen LogP contribution in [0.3, 0.4) is 0 Å². The molecule has 19 heavy (non-hydrogen) atoms. The molecule has 1 aliphatic heterocycles. The van der Waals surface area contributed by atoms with Gasteiger partial charge in [0.1, 0.15) is 0 Å². The zero-order valence-corrected chi connectivity index (χ0v) is 12.2. The number of rotatable bonds is 5. The van der Waals surface area contributed by atoms with Crippen molar-refractivity contribution in [2.24, 2.45) is 11.8 Å². The third-order valence-electron chi connectivity index (χ3n) is 5.47. The molecule has 0 radical (unpaired) electrons. The Hall–Kier alpha value is -0.120. The molecule has 3 atom stereocenters. The number of morpholine rings is 1. The third-order valence-corrected chi connectivity index (χ3v) is 5.47. The fourth-order valence-electron chi connectivity index (χ4n) is 4.36. The summed E-state index contributed by atoms with van der Waals surface area (Å²) in [4.78, 5) is 0. The van der Waals surface area contributed by atoms with Crippen molar-refractivity contribution in [1.82, 2.24) is 10.6 Å². The van der Waals surface area contributed by atoms with Crippen LogP contribution in [0.2, 0.25) is 0 Å². The van der Waals surface area contributed by atoms with Crippen LogP contribution in [0, 0.1) is 11.8 Å². The van der Waals surface area contributed by atoms with Crippen molar-refractivity contribution in [2.45, 2.75) is 63.5 Å². The highest BCUT2D eigenvalue weighted by atomic mass is 16.5. The van der Waals surface area contributed by atoms with Crippen LogP contribution < -0.4 is 10.6 Å². The molecule has 3 nitrogen and oxygen atoms in total. The van der Waals surface area contributed by atoms with Crippen LogP contribution in [-0.4, -0.2) is 38.4 Å². The SMILES string of the molecule is C1CCC(CCNC2CCCC2C2COCCN2)C1. The highest BCUT2D eigenvalue weighted by molar-refractivity contribution is 4.92. The Morgan fingerprint density at radius 1 is 1.05 bits per heavy atom. The standard InChI is InChI=1S/C16H30N2O/c1-2-5-13(4-1)8-9-17-15-7-3-6-14(15)16-12-19-11-10-18-16/h13-18H,1-12H2. The molecule has 1 saturated heterocycles. The van der Waals surface area contributed by atoms with Crippen molar-refractivity contribution < 1.29 is 4.74 Å². The van der Waals surface area contributed by atoms with Gasteiger partial charge in [-0.05, 0) is 37.6 Å². The van der Waals surface area contributed by atoms with E-state index in [1.807, 2.05) is 0 Å². The minimum atomic E-state index is 0.597. The van der Waals surface area contributed by atoms with Gasteiger partial charge in [0.2, 0.25) is 0 Å². The predicted octanol–water partition coefficient (Wildman–Crippen LogP) is 2.31. The van der Waals surface area contributed by atoms with Crippen LogP contribution >= 0.6 is 0 Å². The summed E-state index contributed by atoms with van der Waals surface area (Å²) in [5.74, 6) is 1.81. The Balaban J connectivity index is 1.40. The van der Waals surface area contributed by atoms with E-state index in [0.29, 0.717) is 6.04 Å². The van der Waals surface area contributed by atoms with Crippen molar-refractivity contribution in [2.75, 3.05) is 26.3 Å². The fourth-order valence-corrected chi connectivity index (χ4v) is 4.36. The Bertz CT molecular complexity index is 259. The molecule has 3 fully saturated rings. The first-order valence-corrected chi connectivity index (χ1v) is 8.48. The normalized spacial score (nSPS) is 36.9. The highest BCUT2D eigenvalue weighted by Crippen LogP contribution is 2.30. The van der Waals surface area contributed by atoms with Gasteiger partial charge < -0.3 is 15.4 Å². The monoisotopic (exact) mass is 266 g/mol. The Kier molecular flexibility index (Phi) is 5.14. The molecule has 2 aliphatic carbocycles. The van der Waals surface area contributed by atoms with Crippen LogP contribution in [-0.2, 0) is 4.74 Å². The number of ether oxygens (including phenoxy) is 1. The van der Waals surface area contributed by atoms with Crippen LogP contribution in [0.5, 0.6) is 0 Å². The van der Waals surface area contributed by atoms with Gasteiger partial charge in [-0.15, -0.1) is 0 Å². The number of hydrogen-bond acceptors (Lipinski definition) is 3. The van der Waals surface area contributed by atoms with Gasteiger partial charge in [-0.1, -0.05) is 32.1 Å². The molecule has 2 saturated carbocycles. The van der Waals surface area contributed by atoms with Gasteiger partial charge in [-0.25, -0.2) is 0 Å². The van der Waals surface area contributed by atoms with Crippen molar-refractivity contribution in [1.29, 1.82) is 0 Å². The molecular weight excluding hydrogens is 236 g/mol. The largest absolute Gasteiger partial charge is 0.379 e. The summed E-state index contributed by atoms with van der Waals surface area (Å²) in [5, 5.41) is 7.52. The molecule has 0 bridgehead atoms. The lowest BCUT2D eigenvalue weighted by molar-refractivity contribution is 0.0524. The van der Waals surface area contributed by atoms with E-state index in [9.17, 15) is 0 Å². The molecular formula is C16H30N2O. The average Bonchev–Trinajstić information content (AvgIpc) is 3.11. The van der Waals surface area contributed by atoms with Gasteiger partial charge >= 0.3 is 0 Å². The molecule has 3 heteroatoms. The van der Waals surface area contributed by atoms with E-state index in [0.717, 1.165) is 37.6 Å². The lowest BCUT2D eigenvalue weighted by atomic mass is 9.93. The summed E-state index contributed by atoms with van der Waals surface area (Å²) < 4.78 is 5.64. The zero-order valence-electron chi connectivity index (χ0n) is 12.2. The van der Waals surface area contributed by atoms with E-state index in [-0.39, 0.29) is 0 Å². The Morgan fingerprint density at radius 2 is 1.95 bits per heavy atom. The van der Waals surface area contributed by atoms with E-state index >= 15 is 0 Å². The second-order valence-corrected chi connectivity index (χ2v) is 6.73. The molecule has 3 rings (SSSR count). The third kappa shape index (κ3) is 3.71. The second kappa shape index (κ2) is 7.05. The zero-order chi connectivity index (χ0) is 12.9. The fraction of sp³-hybridized carbons (Fsp3) is 1.00. The van der Waals surface area contributed by atoms with Gasteiger partial charge in [0.05, 0.1) is 13.2 Å². The van der Waals surface area contributed by atoms with Crippen LogP contribution in [0.1, 0.15) is 51.4 Å². The van der Waals surface area contributed by atoms with Crippen molar-refractivity contribution >= 4 is 0 Å². The van der Waals surface area contributed by atoms with E-state index in [1.54, 1.807) is 0 Å². The molecule has 0 spiro atoms. The molecule has 3 aliphatic rings. The summed E-state index contributed by atoms with van der Waals surface area (Å²) in [6, 6.07) is 1.33. The average molecular weight is 266 g/mol. The maximum atomic E-state index is 5.64. The first-order valence-electron chi connectivity index (χ1n) is 8.48. The van der Waals surface area contributed by atoms with Gasteiger partial charge in [-0.2, -0.15) is 0 Å². The Morgan fingerprint density at radius 3 is 2.74 bits per heavy atom. The van der Waals surface area contributed by atoms with Crippen LogP contribution in [0.4, 0.5) is 0 Å². The van der Waals surface area contributed by atoms with E-state index in [2.05, 4.69) is 10.6 Å². The molecule has 0 aromatic carbocycles. The van der Waals surface area contributed by atoms with Gasteiger partial charge in [-0.3, -0.25) is 0 Å². The summed E-state index contributed by atoms with van der Waals surface area (Å²) in [7, 11) is 0. The number of nitrogens with one attached hydrogen (secondary N) is 2. The molecule has 2 N–H and O–H groups in total. The van der Waals surface area contributed by atoms with E-state index < -0.39 is 0 Å². The van der Waals surface area contributed by atoms with Gasteiger partial charge in [0, 0.05) is 18.6 Å². The number of hydrogen-bond donors (Lipinski definition) is 2. The quantitative estimate of drug-likeness (QED) is 0.801. The van der Waals surface area contributed by atoms with Crippen LogP contribution in [0.15, 0.2) is 0 Å². The summed E-state index contributed by atoms with van der Waals surface area (Å²) in [5.41, 5.74) is 0. The molecule has 110 valence electrons. The highest BCUT2D eigenvalue weighted by Gasteiger charge is 2.34. The van der Waals surface area contributed by atoms with E-state index in [1.165, 1.54) is 57.9 Å². The van der Waals surface area contributed by atoms with Gasteiger partial charge in [0.15, 0.2) is 0 Å². The van der Waals surface area contributed by atoms with Crippen molar-refractivity contribution in [3.63, 3.8) is 0 Å². The van der Waals surface area contributed by atoms with E-state index in [4.69, 9.17) is 4.74 Å². The smallest absolute Gasteiger partial charge is 0.0623 e. The summed E-state index contributed by atoms with van der Waals surface area (Å²) in [6.45, 7) is 4.09. The predicted molar refractivity (Wildman–Crippen MR) is 78.3 cm³/mol. The minimum Gasteiger partial charge on any atom is -0.379 e. The molecule has 1 heterocycles. The van der Waals surface area contributed by atoms with Crippen LogP contribution in [0.25, 0.3) is 0 Å². The maximum Gasteiger partial charge on any atom is 0.0623 e.